The number of hydrogen-bond donors (Lipinski definition) is 0. The van der Waals surface area contributed by atoms with Crippen LogP contribution in [0.2, 0.25) is 0 Å². The van der Waals surface area contributed by atoms with E-state index < -0.39 is 0 Å². The second-order valence-corrected chi connectivity index (χ2v) is 5.39. The smallest absolute Gasteiger partial charge is 0.161 e. The molecule has 0 amide bonds. The maximum absolute atomic E-state index is 11.2. The Morgan fingerprint density at radius 3 is 2.15 bits per heavy atom. The Hall–Kier alpha value is -1.94. The van der Waals surface area contributed by atoms with Gasteiger partial charge in [-0.15, -0.1) is 0 Å². The van der Waals surface area contributed by atoms with Crippen LogP contribution >= 0.6 is 11.8 Å². The number of carbonyl (C=O) groups excluding carboxylic acids is 1. The first kappa shape index (κ1) is 14.5. The molecule has 2 rings (SSSR count). The zero-order valence-corrected chi connectivity index (χ0v) is 12.5. The van der Waals surface area contributed by atoms with Crippen LogP contribution in [0.1, 0.15) is 15.9 Å². The third-order valence-corrected chi connectivity index (χ3v) is 3.97. The van der Waals surface area contributed by atoms with Gasteiger partial charge in [-0.25, -0.2) is 0 Å². The van der Waals surface area contributed by atoms with Gasteiger partial charge in [-0.3, -0.25) is 4.79 Å². The van der Waals surface area contributed by atoms with Crippen LogP contribution < -0.4 is 9.47 Å². The van der Waals surface area contributed by atoms with Gasteiger partial charge in [0.2, 0.25) is 0 Å². The van der Waals surface area contributed by atoms with Crippen LogP contribution in [0.25, 0.3) is 0 Å². The van der Waals surface area contributed by atoms with Crippen LogP contribution in [0.3, 0.4) is 0 Å². The fraction of sp³-hybridized carbons (Fsp3) is 0.188. The molecule has 104 valence electrons. The molecule has 0 atom stereocenters. The van der Waals surface area contributed by atoms with E-state index in [1.807, 2.05) is 37.3 Å². The highest BCUT2D eigenvalue weighted by Gasteiger charge is 2.11. The summed E-state index contributed by atoms with van der Waals surface area (Å²) in [5.41, 5.74) is 1.80. The van der Waals surface area contributed by atoms with Crippen molar-refractivity contribution in [3.05, 3.63) is 47.5 Å². The molecule has 0 aromatic heterocycles. The van der Waals surface area contributed by atoms with Crippen molar-refractivity contribution in [1.82, 2.24) is 0 Å². The zero-order valence-electron chi connectivity index (χ0n) is 11.7. The lowest BCUT2D eigenvalue weighted by Gasteiger charge is -2.12. The molecule has 3 nitrogen and oxygen atoms in total. The molecule has 2 aromatic rings. The number of aldehydes is 1. The van der Waals surface area contributed by atoms with Gasteiger partial charge < -0.3 is 9.47 Å². The van der Waals surface area contributed by atoms with E-state index in [4.69, 9.17) is 9.47 Å². The molecule has 0 heterocycles. The SMILES string of the molecule is COc1cc(C=O)c(Sc2ccc(C)cc2)cc1OC. The average Bonchev–Trinajstić information content (AvgIpc) is 2.49. The van der Waals surface area contributed by atoms with Gasteiger partial charge in [-0.05, 0) is 31.2 Å². The molecule has 0 spiro atoms. The number of aryl methyl sites for hydroxylation is 1. The summed E-state index contributed by atoms with van der Waals surface area (Å²) in [6.07, 6.45) is 0.832. The van der Waals surface area contributed by atoms with Crippen molar-refractivity contribution >= 4 is 18.0 Å². The van der Waals surface area contributed by atoms with Gasteiger partial charge >= 0.3 is 0 Å². The maximum atomic E-state index is 11.2. The molecule has 0 aliphatic heterocycles. The fourth-order valence-corrected chi connectivity index (χ4v) is 2.71. The highest BCUT2D eigenvalue weighted by molar-refractivity contribution is 7.99. The lowest BCUT2D eigenvalue weighted by molar-refractivity contribution is 0.112. The van der Waals surface area contributed by atoms with Crippen molar-refractivity contribution in [1.29, 1.82) is 0 Å². The maximum Gasteiger partial charge on any atom is 0.161 e. The monoisotopic (exact) mass is 288 g/mol. The number of ether oxygens (including phenoxy) is 2. The number of rotatable bonds is 5. The predicted octanol–water partition coefficient (Wildman–Crippen LogP) is 3.98. The van der Waals surface area contributed by atoms with Gasteiger partial charge in [0, 0.05) is 15.4 Å². The van der Waals surface area contributed by atoms with Crippen molar-refractivity contribution in [3.8, 4) is 11.5 Å². The van der Waals surface area contributed by atoms with E-state index >= 15 is 0 Å². The molecule has 20 heavy (non-hydrogen) atoms. The Balaban J connectivity index is 2.39. The third-order valence-electron chi connectivity index (χ3n) is 2.89. The standard InChI is InChI=1S/C16H16O3S/c1-11-4-6-13(7-5-11)20-16-9-15(19-3)14(18-2)8-12(16)10-17/h4-10H,1-3H3. The van der Waals surface area contributed by atoms with Crippen molar-refractivity contribution < 1.29 is 14.3 Å². The molecule has 0 aliphatic rings. The summed E-state index contributed by atoms with van der Waals surface area (Å²) in [4.78, 5) is 13.2. The summed E-state index contributed by atoms with van der Waals surface area (Å²) < 4.78 is 10.5. The van der Waals surface area contributed by atoms with Gasteiger partial charge in [0.15, 0.2) is 17.8 Å². The highest BCUT2D eigenvalue weighted by atomic mass is 32.2. The Morgan fingerprint density at radius 1 is 1.00 bits per heavy atom. The minimum Gasteiger partial charge on any atom is -0.493 e. The largest absolute Gasteiger partial charge is 0.493 e. The summed E-state index contributed by atoms with van der Waals surface area (Å²) in [6, 6.07) is 11.7. The highest BCUT2D eigenvalue weighted by Crippen LogP contribution is 2.37. The average molecular weight is 288 g/mol. The van der Waals surface area contributed by atoms with Gasteiger partial charge in [0.25, 0.3) is 0 Å². The second kappa shape index (κ2) is 6.48. The van der Waals surface area contributed by atoms with Crippen molar-refractivity contribution in [2.75, 3.05) is 14.2 Å². The molecule has 0 saturated carbocycles. The Morgan fingerprint density at radius 2 is 1.60 bits per heavy atom. The summed E-state index contributed by atoms with van der Waals surface area (Å²) >= 11 is 1.53. The van der Waals surface area contributed by atoms with E-state index in [0.29, 0.717) is 17.1 Å². The van der Waals surface area contributed by atoms with Crippen LogP contribution in [0, 0.1) is 6.92 Å². The summed E-state index contributed by atoms with van der Waals surface area (Å²) in [5.74, 6) is 1.18. The number of benzene rings is 2. The van der Waals surface area contributed by atoms with E-state index in [-0.39, 0.29) is 0 Å². The molecule has 0 fully saturated rings. The molecular weight excluding hydrogens is 272 g/mol. The summed E-state index contributed by atoms with van der Waals surface area (Å²) in [5, 5.41) is 0. The van der Waals surface area contributed by atoms with Gasteiger partial charge in [-0.2, -0.15) is 0 Å². The first-order valence-corrected chi connectivity index (χ1v) is 6.95. The Bertz CT molecular complexity index is 606. The van der Waals surface area contributed by atoms with Gasteiger partial charge in [0.1, 0.15) is 0 Å². The van der Waals surface area contributed by atoms with Crippen molar-refractivity contribution in [2.24, 2.45) is 0 Å². The minimum absolute atomic E-state index is 0.558. The summed E-state index contributed by atoms with van der Waals surface area (Å²) in [6.45, 7) is 2.04. The Kier molecular flexibility index (Phi) is 4.69. The third kappa shape index (κ3) is 3.14. The second-order valence-electron chi connectivity index (χ2n) is 4.28. The molecule has 0 bridgehead atoms. The lowest BCUT2D eigenvalue weighted by atomic mass is 10.2. The molecule has 0 N–H and O–H groups in total. The molecule has 0 radical (unpaired) electrons. The quantitative estimate of drug-likeness (QED) is 0.780. The fourth-order valence-electron chi connectivity index (χ4n) is 1.79. The number of hydrogen-bond acceptors (Lipinski definition) is 4. The van der Waals surface area contributed by atoms with E-state index in [1.54, 1.807) is 20.3 Å². The van der Waals surface area contributed by atoms with Crippen LogP contribution in [-0.4, -0.2) is 20.5 Å². The van der Waals surface area contributed by atoms with Crippen LogP contribution in [0.4, 0.5) is 0 Å². The first-order chi connectivity index (χ1) is 9.67. The molecule has 4 heteroatoms. The van der Waals surface area contributed by atoms with E-state index in [0.717, 1.165) is 16.1 Å². The van der Waals surface area contributed by atoms with Gasteiger partial charge in [-0.1, -0.05) is 29.5 Å². The molecule has 0 unspecified atom stereocenters. The lowest BCUT2D eigenvalue weighted by Crippen LogP contribution is -1.94. The van der Waals surface area contributed by atoms with Crippen LogP contribution in [0.5, 0.6) is 11.5 Å². The van der Waals surface area contributed by atoms with E-state index in [2.05, 4.69) is 0 Å². The number of carbonyl (C=O) groups is 1. The Labute approximate surface area is 122 Å². The normalized spacial score (nSPS) is 10.2. The van der Waals surface area contributed by atoms with Crippen LogP contribution in [-0.2, 0) is 0 Å². The molecule has 2 aromatic carbocycles. The summed E-state index contributed by atoms with van der Waals surface area (Å²) in [7, 11) is 3.14. The van der Waals surface area contributed by atoms with Crippen molar-refractivity contribution in [2.45, 2.75) is 16.7 Å². The predicted molar refractivity (Wildman–Crippen MR) is 80.2 cm³/mol. The molecule has 0 aliphatic carbocycles. The van der Waals surface area contributed by atoms with E-state index in [9.17, 15) is 4.79 Å². The van der Waals surface area contributed by atoms with Crippen molar-refractivity contribution in [3.63, 3.8) is 0 Å². The zero-order chi connectivity index (χ0) is 14.5. The topological polar surface area (TPSA) is 35.5 Å². The van der Waals surface area contributed by atoms with Gasteiger partial charge in [0.05, 0.1) is 14.2 Å². The minimum atomic E-state index is 0.558. The van der Waals surface area contributed by atoms with E-state index in [1.165, 1.54) is 17.3 Å². The molecular formula is C16H16O3S. The first-order valence-electron chi connectivity index (χ1n) is 6.13. The molecule has 0 saturated heterocycles. The van der Waals surface area contributed by atoms with Crippen LogP contribution in [0.15, 0.2) is 46.2 Å². The number of methoxy groups -OCH3 is 2.